The third-order valence-electron chi connectivity index (χ3n) is 3.10. The number of nitrogens with zero attached hydrogens (tertiary/aromatic N) is 1. The Bertz CT molecular complexity index is 517. The predicted octanol–water partition coefficient (Wildman–Crippen LogP) is 2.05. The maximum atomic E-state index is 11.5. The summed E-state index contributed by atoms with van der Waals surface area (Å²) in [6.07, 6.45) is 2.00. The van der Waals surface area contributed by atoms with Gasteiger partial charge in [0.1, 0.15) is 12.3 Å². The molecule has 0 aliphatic rings. The number of carbonyl (C=O) groups excluding carboxylic acids is 2. The van der Waals surface area contributed by atoms with Crippen molar-refractivity contribution in [1.82, 2.24) is 10.6 Å². The summed E-state index contributed by atoms with van der Waals surface area (Å²) in [5.41, 5.74) is 0.980. The van der Waals surface area contributed by atoms with Crippen LogP contribution in [0.5, 0.6) is 0 Å². The predicted molar refractivity (Wildman–Crippen MR) is 86.4 cm³/mol. The Morgan fingerprint density at radius 1 is 1.09 bits per heavy atom. The number of alkyl carbamates (subject to hydrolysis) is 1. The highest BCUT2D eigenvalue weighted by atomic mass is 16.5. The highest BCUT2D eigenvalue weighted by molar-refractivity contribution is 6.37. The molecule has 0 fully saturated rings. The van der Waals surface area contributed by atoms with Gasteiger partial charge in [0, 0.05) is 13.1 Å². The number of oxime groups is 1. The summed E-state index contributed by atoms with van der Waals surface area (Å²) in [5, 5.41) is 16.5. The van der Waals surface area contributed by atoms with Crippen LogP contribution in [0.2, 0.25) is 0 Å². The second-order valence-electron chi connectivity index (χ2n) is 4.99. The Kier molecular flexibility index (Phi) is 8.88. The average Bonchev–Trinajstić information content (AvgIpc) is 2.59. The van der Waals surface area contributed by atoms with Crippen LogP contribution in [-0.2, 0) is 16.1 Å². The third kappa shape index (κ3) is 8.45. The Balaban J connectivity index is 1.98. The van der Waals surface area contributed by atoms with Crippen molar-refractivity contribution in [2.24, 2.45) is 5.16 Å². The first kappa shape index (κ1) is 18.5. The Morgan fingerprint density at radius 3 is 2.39 bits per heavy atom. The molecule has 0 bridgehead atoms. The van der Waals surface area contributed by atoms with E-state index in [1.165, 1.54) is 6.92 Å². The van der Waals surface area contributed by atoms with E-state index < -0.39 is 6.09 Å². The summed E-state index contributed by atoms with van der Waals surface area (Å²) in [7, 11) is 0. The van der Waals surface area contributed by atoms with Crippen molar-refractivity contribution in [2.75, 3.05) is 13.1 Å². The molecule has 1 aromatic carbocycles. The molecule has 0 saturated carbocycles. The molecule has 23 heavy (non-hydrogen) atoms. The van der Waals surface area contributed by atoms with Gasteiger partial charge in [-0.3, -0.25) is 4.79 Å². The zero-order valence-corrected chi connectivity index (χ0v) is 13.2. The molecule has 0 spiro atoms. The first-order valence-corrected chi connectivity index (χ1v) is 7.55. The first-order chi connectivity index (χ1) is 11.1. The maximum absolute atomic E-state index is 11.5. The average molecular weight is 321 g/mol. The van der Waals surface area contributed by atoms with Crippen LogP contribution in [-0.4, -0.2) is 36.0 Å². The van der Waals surface area contributed by atoms with Crippen LogP contribution in [0.25, 0.3) is 0 Å². The Morgan fingerprint density at radius 2 is 1.74 bits per heavy atom. The van der Waals surface area contributed by atoms with Crippen LogP contribution in [0.15, 0.2) is 35.5 Å². The van der Waals surface area contributed by atoms with Crippen LogP contribution in [0.4, 0.5) is 4.79 Å². The lowest BCUT2D eigenvalue weighted by molar-refractivity contribution is -0.114. The van der Waals surface area contributed by atoms with Gasteiger partial charge in [-0.15, -0.1) is 0 Å². The van der Waals surface area contributed by atoms with Gasteiger partial charge in [0.05, 0.1) is 0 Å². The van der Waals surface area contributed by atoms with Crippen molar-refractivity contribution in [3.05, 3.63) is 35.9 Å². The van der Waals surface area contributed by atoms with Gasteiger partial charge < -0.3 is 20.6 Å². The number of hydrogen-bond acceptors (Lipinski definition) is 5. The van der Waals surface area contributed by atoms with Gasteiger partial charge >= 0.3 is 6.09 Å². The van der Waals surface area contributed by atoms with E-state index in [0.717, 1.165) is 24.8 Å². The monoisotopic (exact) mass is 321 g/mol. The number of carbonyl (C=O) groups is 2. The molecule has 0 radical (unpaired) electrons. The van der Waals surface area contributed by atoms with E-state index in [9.17, 15) is 9.59 Å². The minimum atomic E-state index is -0.433. The number of amides is 2. The SMILES string of the molecule is C/C(=N\O)C(=O)NCCCCCNC(=O)OCc1ccccc1. The summed E-state index contributed by atoms with van der Waals surface area (Å²) < 4.78 is 5.08. The zero-order valence-electron chi connectivity index (χ0n) is 13.2. The van der Waals surface area contributed by atoms with Crippen LogP contribution >= 0.6 is 0 Å². The molecule has 2 amide bonds. The lowest BCUT2D eigenvalue weighted by atomic mass is 10.2. The van der Waals surface area contributed by atoms with Gasteiger partial charge in [-0.05, 0) is 31.7 Å². The van der Waals surface area contributed by atoms with Crippen molar-refractivity contribution in [1.29, 1.82) is 0 Å². The molecular weight excluding hydrogens is 298 g/mol. The van der Waals surface area contributed by atoms with Crippen LogP contribution in [0.3, 0.4) is 0 Å². The van der Waals surface area contributed by atoms with Gasteiger partial charge in [0.15, 0.2) is 0 Å². The van der Waals surface area contributed by atoms with Crippen molar-refractivity contribution < 1.29 is 19.5 Å². The van der Waals surface area contributed by atoms with E-state index in [0.29, 0.717) is 13.1 Å². The molecule has 126 valence electrons. The molecule has 0 aliphatic heterocycles. The summed E-state index contributed by atoms with van der Waals surface area (Å²) >= 11 is 0. The largest absolute Gasteiger partial charge is 0.445 e. The lowest BCUT2D eigenvalue weighted by Gasteiger charge is -2.07. The summed E-state index contributed by atoms with van der Waals surface area (Å²) in [6, 6.07) is 9.48. The smallest absolute Gasteiger partial charge is 0.407 e. The molecule has 1 aromatic rings. The van der Waals surface area contributed by atoms with E-state index in [2.05, 4.69) is 15.8 Å². The number of rotatable bonds is 9. The quantitative estimate of drug-likeness (QED) is 0.280. The highest BCUT2D eigenvalue weighted by Gasteiger charge is 2.04. The fourth-order valence-electron chi connectivity index (χ4n) is 1.77. The Hall–Kier alpha value is -2.57. The molecule has 1 rings (SSSR count). The highest BCUT2D eigenvalue weighted by Crippen LogP contribution is 2.00. The standard InChI is InChI=1S/C16H23N3O4/c1-13(19-22)15(20)17-10-6-3-7-11-18-16(21)23-12-14-8-4-2-5-9-14/h2,4-5,8-9,22H,3,6-7,10-12H2,1H3,(H,17,20)(H,18,21)/b19-13+. The van der Waals surface area contributed by atoms with E-state index in [4.69, 9.17) is 9.94 Å². The molecule has 0 aliphatic carbocycles. The van der Waals surface area contributed by atoms with E-state index in [-0.39, 0.29) is 18.2 Å². The van der Waals surface area contributed by atoms with Crippen molar-refractivity contribution >= 4 is 17.7 Å². The van der Waals surface area contributed by atoms with Crippen molar-refractivity contribution in [3.8, 4) is 0 Å². The van der Waals surface area contributed by atoms with E-state index >= 15 is 0 Å². The minimum Gasteiger partial charge on any atom is -0.445 e. The van der Waals surface area contributed by atoms with E-state index in [1.807, 2.05) is 30.3 Å². The second kappa shape index (κ2) is 11.1. The van der Waals surface area contributed by atoms with Crippen LogP contribution in [0, 0.1) is 0 Å². The van der Waals surface area contributed by atoms with Gasteiger partial charge in [-0.25, -0.2) is 4.79 Å². The molecule has 7 nitrogen and oxygen atoms in total. The molecular formula is C16H23N3O4. The zero-order chi connectivity index (χ0) is 16.9. The van der Waals surface area contributed by atoms with Crippen molar-refractivity contribution in [3.63, 3.8) is 0 Å². The maximum Gasteiger partial charge on any atom is 0.407 e. The normalized spacial score (nSPS) is 10.9. The van der Waals surface area contributed by atoms with Gasteiger partial charge in [0.2, 0.25) is 0 Å². The molecule has 7 heteroatoms. The fourth-order valence-corrected chi connectivity index (χ4v) is 1.77. The minimum absolute atomic E-state index is 0.0350. The first-order valence-electron chi connectivity index (χ1n) is 7.55. The van der Waals surface area contributed by atoms with Gasteiger partial charge in [-0.1, -0.05) is 35.5 Å². The summed E-state index contributed by atoms with van der Waals surface area (Å²) in [4.78, 5) is 22.7. The third-order valence-corrected chi connectivity index (χ3v) is 3.10. The summed E-state index contributed by atoms with van der Waals surface area (Å²) in [5.74, 6) is -0.380. The van der Waals surface area contributed by atoms with Crippen molar-refractivity contribution in [2.45, 2.75) is 32.8 Å². The number of nitrogens with one attached hydrogen (secondary N) is 2. The lowest BCUT2D eigenvalue weighted by Crippen LogP contribution is -2.30. The Labute approximate surface area is 135 Å². The molecule has 3 N–H and O–H groups in total. The molecule has 0 unspecified atom stereocenters. The second-order valence-corrected chi connectivity index (χ2v) is 4.99. The number of benzene rings is 1. The molecule has 0 aromatic heterocycles. The molecule has 0 heterocycles. The van der Waals surface area contributed by atoms with E-state index in [1.54, 1.807) is 0 Å². The van der Waals surface area contributed by atoms with Crippen LogP contribution < -0.4 is 10.6 Å². The number of unbranched alkanes of at least 4 members (excludes halogenated alkanes) is 2. The van der Waals surface area contributed by atoms with Gasteiger partial charge in [0.25, 0.3) is 5.91 Å². The van der Waals surface area contributed by atoms with Gasteiger partial charge in [-0.2, -0.15) is 0 Å². The molecule has 0 atom stereocenters. The summed E-state index contributed by atoms with van der Waals surface area (Å²) in [6.45, 7) is 2.72. The number of hydrogen-bond donors (Lipinski definition) is 3. The molecule has 0 saturated heterocycles. The van der Waals surface area contributed by atoms with Crippen LogP contribution in [0.1, 0.15) is 31.7 Å². The topological polar surface area (TPSA) is 100 Å². The number of ether oxygens (including phenoxy) is 1. The fraction of sp³-hybridized carbons (Fsp3) is 0.438.